The van der Waals surface area contributed by atoms with E-state index in [4.69, 9.17) is 5.11 Å². The van der Waals surface area contributed by atoms with Gasteiger partial charge in [-0.25, -0.2) is 15.0 Å². The van der Waals surface area contributed by atoms with Crippen LogP contribution in [0.4, 0.5) is 0 Å². The fourth-order valence-corrected chi connectivity index (χ4v) is 1.39. The molecule has 0 spiro atoms. The minimum atomic E-state index is -0.0484. The van der Waals surface area contributed by atoms with Gasteiger partial charge >= 0.3 is 0 Å². The summed E-state index contributed by atoms with van der Waals surface area (Å²) in [6, 6.07) is 0. The van der Waals surface area contributed by atoms with Crippen LogP contribution < -0.4 is 0 Å². The van der Waals surface area contributed by atoms with Crippen LogP contribution in [0.5, 0.6) is 0 Å². The zero-order valence-electron chi connectivity index (χ0n) is 7.08. The van der Waals surface area contributed by atoms with E-state index >= 15 is 0 Å². The van der Waals surface area contributed by atoms with Crippen LogP contribution in [0.2, 0.25) is 0 Å². The van der Waals surface area contributed by atoms with Crippen molar-refractivity contribution in [2.45, 2.75) is 16.9 Å². The summed E-state index contributed by atoms with van der Waals surface area (Å²) >= 11 is 1.28. The van der Waals surface area contributed by atoms with E-state index in [2.05, 4.69) is 25.1 Å². The Morgan fingerprint density at radius 2 is 2.07 bits per heavy atom. The smallest absolute Gasteiger partial charge is 0.195 e. The second-order valence-electron chi connectivity index (χ2n) is 2.42. The molecule has 6 nitrogen and oxygen atoms in total. The van der Waals surface area contributed by atoms with E-state index < -0.39 is 0 Å². The lowest BCUT2D eigenvalue weighted by Crippen LogP contribution is -1.90. The van der Waals surface area contributed by atoms with Crippen LogP contribution in [0.3, 0.4) is 0 Å². The van der Waals surface area contributed by atoms with E-state index in [1.165, 1.54) is 18.1 Å². The summed E-state index contributed by atoms with van der Waals surface area (Å²) in [5, 5.41) is 16.4. The molecule has 0 aliphatic heterocycles. The topological polar surface area (TPSA) is 87.6 Å². The molecule has 0 unspecified atom stereocenters. The van der Waals surface area contributed by atoms with Crippen LogP contribution in [0.1, 0.15) is 5.56 Å². The second kappa shape index (κ2) is 4.16. The maximum absolute atomic E-state index is 8.77. The lowest BCUT2D eigenvalue weighted by molar-refractivity contribution is 0.280. The van der Waals surface area contributed by atoms with E-state index in [-0.39, 0.29) is 6.61 Å². The number of aliphatic hydroxyl groups excluding tert-OH is 1. The Morgan fingerprint density at radius 3 is 2.64 bits per heavy atom. The van der Waals surface area contributed by atoms with E-state index in [1.54, 1.807) is 12.4 Å². The summed E-state index contributed by atoms with van der Waals surface area (Å²) in [5.41, 5.74) is 0.687. The van der Waals surface area contributed by atoms with Crippen molar-refractivity contribution < 1.29 is 5.11 Å². The number of rotatable bonds is 3. The molecular formula is C7H7N5OS. The molecule has 0 radical (unpaired) electrons. The summed E-state index contributed by atoms with van der Waals surface area (Å²) in [6.45, 7) is -0.0484. The van der Waals surface area contributed by atoms with Gasteiger partial charge in [-0.1, -0.05) is 0 Å². The highest BCUT2D eigenvalue weighted by Crippen LogP contribution is 2.18. The molecule has 2 heterocycles. The van der Waals surface area contributed by atoms with Crippen LogP contribution in [0.25, 0.3) is 0 Å². The highest BCUT2D eigenvalue weighted by molar-refractivity contribution is 7.99. The molecule has 0 atom stereocenters. The van der Waals surface area contributed by atoms with Gasteiger partial charge in [-0.3, -0.25) is 5.10 Å². The standard InChI is InChI=1S/C7H7N5OS/c13-3-5-1-8-6(9-2-5)14-7-10-4-11-12-7/h1-2,4,13H,3H2,(H,10,11,12). The van der Waals surface area contributed by atoms with Gasteiger partial charge in [0.2, 0.25) is 0 Å². The van der Waals surface area contributed by atoms with Gasteiger partial charge in [-0.05, 0) is 11.8 Å². The maximum Gasteiger partial charge on any atom is 0.195 e. The van der Waals surface area contributed by atoms with Gasteiger partial charge in [-0.15, -0.1) is 0 Å². The van der Waals surface area contributed by atoms with Crippen LogP contribution in [-0.2, 0) is 6.61 Å². The largest absolute Gasteiger partial charge is 0.392 e. The number of aliphatic hydroxyl groups is 1. The van der Waals surface area contributed by atoms with Crippen molar-refractivity contribution in [2.24, 2.45) is 0 Å². The Bertz CT molecular complexity index is 387. The van der Waals surface area contributed by atoms with Crippen molar-refractivity contribution in [3.05, 3.63) is 24.3 Å². The zero-order valence-corrected chi connectivity index (χ0v) is 7.90. The number of aromatic nitrogens is 5. The summed E-state index contributed by atoms with van der Waals surface area (Å²) < 4.78 is 0. The van der Waals surface area contributed by atoms with E-state index in [0.717, 1.165) is 0 Å². The average Bonchev–Trinajstić information content (AvgIpc) is 2.72. The first-order valence-corrected chi connectivity index (χ1v) is 4.65. The molecule has 2 rings (SSSR count). The molecule has 0 aliphatic carbocycles. The van der Waals surface area contributed by atoms with Crippen LogP contribution in [-0.4, -0.2) is 30.3 Å². The van der Waals surface area contributed by atoms with Crippen molar-refractivity contribution in [2.75, 3.05) is 0 Å². The fraction of sp³-hybridized carbons (Fsp3) is 0.143. The molecule has 2 aromatic rings. The Morgan fingerprint density at radius 1 is 1.29 bits per heavy atom. The van der Waals surface area contributed by atoms with E-state index in [1.807, 2.05) is 0 Å². The fourth-order valence-electron chi connectivity index (χ4n) is 0.807. The Hall–Kier alpha value is -1.47. The van der Waals surface area contributed by atoms with Crippen molar-refractivity contribution in [3.8, 4) is 0 Å². The van der Waals surface area contributed by atoms with Crippen molar-refractivity contribution >= 4 is 11.8 Å². The summed E-state index contributed by atoms with van der Waals surface area (Å²) in [7, 11) is 0. The minimum Gasteiger partial charge on any atom is -0.392 e. The van der Waals surface area contributed by atoms with Gasteiger partial charge in [0.05, 0.1) is 6.61 Å². The number of hydrogen-bond acceptors (Lipinski definition) is 6. The number of nitrogens with one attached hydrogen (secondary N) is 1. The molecule has 0 aromatic carbocycles. The average molecular weight is 209 g/mol. The Labute approximate surface area is 83.8 Å². The third-order valence-corrected chi connectivity index (χ3v) is 2.23. The maximum atomic E-state index is 8.77. The summed E-state index contributed by atoms with van der Waals surface area (Å²) in [5.74, 6) is 0. The molecule has 2 aromatic heterocycles. The predicted octanol–water partition coefficient (Wildman–Crippen LogP) is 0.238. The highest BCUT2D eigenvalue weighted by atomic mass is 32.2. The summed E-state index contributed by atoms with van der Waals surface area (Å²) in [6.07, 6.45) is 4.57. The lowest BCUT2D eigenvalue weighted by atomic mass is 10.4. The van der Waals surface area contributed by atoms with Crippen LogP contribution >= 0.6 is 11.8 Å². The highest BCUT2D eigenvalue weighted by Gasteiger charge is 2.02. The van der Waals surface area contributed by atoms with E-state index in [9.17, 15) is 0 Å². The van der Waals surface area contributed by atoms with Gasteiger partial charge in [-0.2, -0.15) is 5.10 Å². The minimum absolute atomic E-state index is 0.0484. The first kappa shape index (κ1) is 9.10. The molecule has 7 heteroatoms. The predicted molar refractivity (Wildman–Crippen MR) is 48.5 cm³/mol. The normalized spacial score (nSPS) is 10.4. The number of hydrogen-bond donors (Lipinski definition) is 2. The summed E-state index contributed by atoms with van der Waals surface area (Å²) in [4.78, 5) is 12.0. The quantitative estimate of drug-likeness (QED) is 0.704. The molecule has 2 N–H and O–H groups in total. The molecule has 0 fully saturated rings. The van der Waals surface area contributed by atoms with Gasteiger partial charge in [0.25, 0.3) is 0 Å². The Balaban J connectivity index is 2.10. The van der Waals surface area contributed by atoms with Gasteiger partial charge in [0.1, 0.15) is 6.33 Å². The number of nitrogens with zero attached hydrogens (tertiary/aromatic N) is 4. The molecular weight excluding hydrogens is 202 g/mol. The molecule has 0 bridgehead atoms. The van der Waals surface area contributed by atoms with Crippen LogP contribution in [0.15, 0.2) is 29.0 Å². The molecule has 14 heavy (non-hydrogen) atoms. The molecule has 0 amide bonds. The van der Waals surface area contributed by atoms with Gasteiger partial charge in [0, 0.05) is 18.0 Å². The van der Waals surface area contributed by atoms with Crippen LogP contribution in [0, 0.1) is 0 Å². The van der Waals surface area contributed by atoms with Crippen molar-refractivity contribution in [3.63, 3.8) is 0 Å². The first-order chi connectivity index (χ1) is 6.88. The Kier molecular flexibility index (Phi) is 2.70. The third kappa shape index (κ3) is 2.06. The number of H-pyrrole nitrogens is 1. The second-order valence-corrected chi connectivity index (χ2v) is 3.38. The molecule has 0 saturated carbocycles. The molecule has 0 aliphatic rings. The SMILES string of the molecule is OCc1cnc(Sc2ncn[nH]2)nc1. The van der Waals surface area contributed by atoms with Crippen molar-refractivity contribution in [1.29, 1.82) is 0 Å². The lowest BCUT2D eigenvalue weighted by Gasteiger charge is -1.96. The molecule has 0 saturated heterocycles. The monoisotopic (exact) mass is 209 g/mol. The molecule has 72 valence electrons. The zero-order chi connectivity index (χ0) is 9.80. The van der Waals surface area contributed by atoms with Gasteiger partial charge in [0.15, 0.2) is 10.3 Å². The third-order valence-electron chi connectivity index (χ3n) is 1.45. The number of aromatic amines is 1. The van der Waals surface area contributed by atoms with Gasteiger partial charge < -0.3 is 5.11 Å². The van der Waals surface area contributed by atoms with E-state index in [0.29, 0.717) is 15.9 Å². The first-order valence-electron chi connectivity index (χ1n) is 3.83. The van der Waals surface area contributed by atoms with Crippen molar-refractivity contribution in [1.82, 2.24) is 25.1 Å².